The van der Waals surface area contributed by atoms with Crippen molar-refractivity contribution in [2.45, 2.75) is 31.7 Å². The van der Waals surface area contributed by atoms with Crippen molar-refractivity contribution in [3.8, 4) is 0 Å². The molecule has 1 N–H and O–H groups in total. The number of piperidine rings is 1. The van der Waals surface area contributed by atoms with Crippen LogP contribution in [0, 0.1) is 0 Å². The van der Waals surface area contributed by atoms with Gasteiger partial charge in [0.05, 0.1) is 22.7 Å². The highest BCUT2D eigenvalue weighted by atomic mass is 35.5. The van der Waals surface area contributed by atoms with Crippen LogP contribution in [0.3, 0.4) is 0 Å². The number of rotatable bonds is 3. The third kappa shape index (κ3) is 2.96. The second-order valence-corrected chi connectivity index (χ2v) is 6.42. The van der Waals surface area contributed by atoms with E-state index in [0.717, 1.165) is 34.6 Å². The molecule has 3 nitrogen and oxygen atoms in total. The van der Waals surface area contributed by atoms with Gasteiger partial charge in [-0.2, -0.15) is 0 Å². The highest BCUT2D eigenvalue weighted by Crippen LogP contribution is 2.26. The monoisotopic (exact) mass is 294 g/mol. The lowest BCUT2D eigenvalue weighted by Gasteiger charge is -2.21. The first-order chi connectivity index (χ1) is 9.22. The van der Waals surface area contributed by atoms with Crippen molar-refractivity contribution in [3.63, 3.8) is 0 Å². The number of Topliss-reactive ketones (excluding diaryl/α,β-unsaturated/α-hetero) is 1. The smallest absolute Gasteiger partial charge is 0.156 e. The van der Waals surface area contributed by atoms with Crippen LogP contribution >= 0.6 is 22.9 Å². The summed E-state index contributed by atoms with van der Waals surface area (Å²) in [5.74, 6) is 0.254. The minimum Gasteiger partial charge on any atom is -0.307 e. The van der Waals surface area contributed by atoms with E-state index in [1.54, 1.807) is 11.3 Å². The molecule has 1 aromatic carbocycles. The van der Waals surface area contributed by atoms with Crippen molar-refractivity contribution in [3.05, 3.63) is 28.2 Å². The number of nitrogens with one attached hydrogen (secondary N) is 1. The Morgan fingerprint density at radius 1 is 1.47 bits per heavy atom. The number of benzene rings is 1. The van der Waals surface area contributed by atoms with Crippen LogP contribution < -0.4 is 5.32 Å². The molecular formula is C14H15ClN2OS. The molecule has 1 aliphatic rings. The number of carbonyl (C=O) groups excluding carboxylic acids is 1. The first-order valence-electron chi connectivity index (χ1n) is 6.53. The van der Waals surface area contributed by atoms with Crippen molar-refractivity contribution in [1.82, 2.24) is 10.3 Å². The Hall–Kier alpha value is -0.970. The van der Waals surface area contributed by atoms with Crippen LogP contribution in [0.5, 0.6) is 0 Å². The van der Waals surface area contributed by atoms with Gasteiger partial charge in [-0.15, -0.1) is 11.3 Å². The summed E-state index contributed by atoms with van der Waals surface area (Å²) < 4.78 is 1.05. The number of aromatic nitrogens is 1. The molecule has 5 heteroatoms. The summed E-state index contributed by atoms with van der Waals surface area (Å²) in [5.41, 5.74) is 0.925. The standard InChI is InChI=1S/C14H15ClN2OS/c15-9-4-5-11-13(7-9)19-14(17-11)8-12(18)10-3-1-2-6-16-10/h4-5,7,10,16H,1-3,6,8H2/t10-/m0/s1. The van der Waals surface area contributed by atoms with Crippen molar-refractivity contribution >= 4 is 38.9 Å². The van der Waals surface area contributed by atoms with Gasteiger partial charge in [0.15, 0.2) is 5.78 Å². The number of nitrogens with zero attached hydrogens (tertiary/aromatic N) is 1. The average molecular weight is 295 g/mol. The van der Waals surface area contributed by atoms with Crippen LogP contribution in [0.25, 0.3) is 10.2 Å². The van der Waals surface area contributed by atoms with E-state index in [2.05, 4.69) is 10.3 Å². The van der Waals surface area contributed by atoms with Crippen molar-refractivity contribution in [2.24, 2.45) is 0 Å². The van der Waals surface area contributed by atoms with E-state index in [9.17, 15) is 4.79 Å². The molecule has 1 atom stereocenters. The number of halogens is 1. The second kappa shape index (κ2) is 5.57. The largest absolute Gasteiger partial charge is 0.307 e. The molecule has 1 fully saturated rings. The number of fused-ring (bicyclic) bond motifs is 1. The fraction of sp³-hybridized carbons (Fsp3) is 0.429. The summed E-state index contributed by atoms with van der Waals surface area (Å²) >= 11 is 7.52. The molecule has 1 saturated heterocycles. The van der Waals surface area contributed by atoms with Crippen molar-refractivity contribution in [2.75, 3.05) is 6.54 Å². The molecule has 1 aliphatic heterocycles. The molecule has 19 heavy (non-hydrogen) atoms. The van der Waals surface area contributed by atoms with E-state index >= 15 is 0 Å². The lowest BCUT2D eigenvalue weighted by molar-refractivity contribution is -0.120. The zero-order chi connectivity index (χ0) is 13.2. The molecule has 0 bridgehead atoms. The summed E-state index contributed by atoms with van der Waals surface area (Å²) in [5, 5.41) is 4.88. The Kier molecular flexibility index (Phi) is 3.82. The molecule has 0 unspecified atom stereocenters. The maximum absolute atomic E-state index is 12.2. The predicted octanol–water partition coefficient (Wildman–Crippen LogP) is 3.20. The van der Waals surface area contributed by atoms with Gasteiger partial charge in [-0.1, -0.05) is 18.0 Å². The lowest BCUT2D eigenvalue weighted by Crippen LogP contribution is -2.41. The van der Waals surface area contributed by atoms with Gasteiger partial charge in [-0.3, -0.25) is 4.79 Å². The van der Waals surface area contributed by atoms with E-state index in [4.69, 9.17) is 11.6 Å². The van der Waals surface area contributed by atoms with Crippen molar-refractivity contribution in [1.29, 1.82) is 0 Å². The minimum absolute atomic E-state index is 0.0179. The maximum atomic E-state index is 12.2. The normalized spacial score (nSPS) is 19.7. The number of hydrogen-bond acceptors (Lipinski definition) is 4. The molecular weight excluding hydrogens is 280 g/mol. The first kappa shape index (κ1) is 13.0. The van der Waals surface area contributed by atoms with Crippen LogP contribution in [0.4, 0.5) is 0 Å². The molecule has 0 spiro atoms. The maximum Gasteiger partial charge on any atom is 0.156 e. The Labute approximate surface area is 121 Å². The van der Waals surface area contributed by atoms with Gasteiger partial charge in [0.2, 0.25) is 0 Å². The third-order valence-electron chi connectivity index (χ3n) is 3.42. The molecule has 2 aromatic rings. The average Bonchev–Trinajstić information content (AvgIpc) is 2.81. The van der Waals surface area contributed by atoms with Gasteiger partial charge in [0.25, 0.3) is 0 Å². The number of carbonyl (C=O) groups is 1. The van der Waals surface area contributed by atoms with E-state index in [0.29, 0.717) is 11.4 Å². The number of thiazole rings is 1. The molecule has 0 aliphatic carbocycles. The zero-order valence-electron chi connectivity index (χ0n) is 10.5. The highest BCUT2D eigenvalue weighted by Gasteiger charge is 2.21. The summed E-state index contributed by atoms with van der Waals surface area (Å²) in [6, 6.07) is 5.66. The van der Waals surface area contributed by atoms with E-state index in [1.807, 2.05) is 18.2 Å². The van der Waals surface area contributed by atoms with E-state index < -0.39 is 0 Å². The summed E-state index contributed by atoms with van der Waals surface area (Å²) in [4.78, 5) is 16.7. The fourth-order valence-corrected chi connectivity index (χ4v) is 3.67. The molecule has 1 aromatic heterocycles. The number of hydrogen-bond donors (Lipinski definition) is 1. The highest BCUT2D eigenvalue weighted by molar-refractivity contribution is 7.18. The van der Waals surface area contributed by atoms with Gasteiger partial charge in [0, 0.05) is 5.02 Å². The van der Waals surface area contributed by atoms with Crippen LogP contribution in [-0.4, -0.2) is 23.4 Å². The van der Waals surface area contributed by atoms with Gasteiger partial charge in [-0.25, -0.2) is 4.98 Å². The van der Waals surface area contributed by atoms with Gasteiger partial charge in [0.1, 0.15) is 5.01 Å². The van der Waals surface area contributed by atoms with Gasteiger partial charge < -0.3 is 5.32 Å². The van der Waals surface area contributed by atoms with E-state index in [-0.39, 0.29) is 11.8 Å². The topological polar surface area (TPSA) is 42.0 Å². The molecule has 2 heterocycles. The summed E-state index contributed by atoms with van der Waals surface area (Å²) in [6.07, 6.45) is 3.69. The summed E-state index contributed by atoms with van der Waals surface area (Å²) in [6.45, 7) is 0.950. The third-order valence-corrected chi connectivity index (χ3v) is 4.67. The van der Waals surface area contributed by atoms with Crippen LogP contribution in [0.1, 0.15) is 24.3 Å². The Morgan fingerprint density at radius 2 is 2.37 bits per heavy atom. The van der Waals surface area contributed by atoms with E-state index in [1.165, 1.54) is 6.42 Å². The second-order valence-electron chi connectivity index (χ2n) is 4.87. The van der Waals surface area contributed by atoms with Gasteiger partial charge in [-0.05, 0) is 37.6 Å². The Morgan fingerprint density at radius 3 is 3.16 bits per heavy atom. The Bertz CT molecular complexity index is 605. The zero-order valence-corrected chi connectivity index (χ0v) is 12.1. The quantitative estimate of drug-likeness (QED) is 0.945. The SMILES string of the molecule is O=C(Cc1nc2ccc(Cl)cc2s1)[C@@H]1CCCCN1. The fourth-order valence-electron chi connectivity index (χ4n) is 2.42. The minimum atomic E-state index is 0.0179. The number of ketones is 1. The van der Waals surface area contributed by atoms with Crippen LogP contribution in [0.2, 0.25) is 5.02 Å². The predicted molar refractivity (Wildman–Crippen MR) is 79.0 cm³/mol. The molecule has 3 rings (SSSR count). The van der Waals surface area contributed by atoms with Crippen LogP contribution in [-0.2, 0) is 11.2 Å². The molecule has 100 valence electrons. The molecule has 0 saturated carbocycles. The lowest BCUT2D eigenvalue weighted by atomic mass is 10.00. The van der Waals surface area contributed by atoms with Crippen LogP contribution in [0.15, 0.2) is 18.2 Å². The van der Waals surface area contributed by atoms with Crippen molar-refractivity contribution < 1.29 is 4.79 Å². The molecule has 0 amide bonds. The van der Waals surface area contributed by atoms with Gasteiger partial charge >= 0.3 is 0 Å². The molecule has 0 radical (unpaired) electrons. The first-order valence-corrected chi connectivity index (χ1v) is 7.73. The summed E-state index contributed by atoms with van der Waals surface area (Å²) in [7, 11) is 0. The Balaban J connectivity index is 1.75.